The van der Waals surface area contributed by atoms with Gasteiger partial charge in [0, 0.05) is 12.8 Å². The van der Waals surface area contributed by atoms with Crippen LogP contribution in [0.25, 0.3) is 0 Å². The number of hydrogen-bond donors (Lipinski definition) is 0. The van der Waals surface area contributed by atoms with Crippen molar-refractivity contribution in [2.24, 2.45) is 0 Å². The zero-order valence-electron chi connectivity index (χ0n) is 13.1. The van der Waals surface area contributed by atoms with Gasteiger partial charge in [0.1, 0.15) is 11.5 Å². The summed E-state index contributed by atoms with van der Waals surface area (Å²) in [6.07, 6.45) is 3.44. The van der Waals surface area contributed by atoms with Gasteiger partial charge in [0.05, 0.1) is 31.1 Å². The van der Waals surface area contributed by atoms with E-state index in [9.17, 15) is 17.2 Å². The van der Waals surface area contributed by atoms with Gasteiger partial charge < -0.3 is 9.47 Å². The molecule has 25 heavy (non-hydrogen) atoms. The Hall–Kier alpha value is -2.20. The number of halogens is 2. The number of fused-ring (bicyclic) bond motifs is 1. The molecule has 134 valence electrons. The number of anilines is 1. The molecule has 2 aliphatic rings. The molecule has 3 heterocycles. The lowest BCUT2D eigenvalue weighted by atomic mass is 10.2. The Morgan fingerprint density at radius 3 is 2.84 bits per heavy atom. The minimum atomic E-state index is -3.97. The predicted molar refractivity (Wildman–Crippen MR) is 83.1 cm³/mol. The fourth-order valence-corrected chi connectivity index (χ4v) is 4.36. The number of sulfonamides is 1. The predicted octanol–water partition coefficient (Wildman–Crippen LogP) is 1.71. The van der Waals surface area contributed by atoms with Crippen LogP contribution in [0, 0.1) is 11.6 Å². The molecule has 7 nitrogen and oxygen atoms in total. The molecular weight excluding hydrogens is 356 g/mol. The number of hydrogen-bond acceptors (Lipinski definition) is 5. The van der Waals surface area contributed by atoms with Crippen LogP contribution in [0.2, 0.25) is 0 Å². The molecule has 1 saturated heterocycles. The van der Waals surface area contributed by atoms with Crippen LogP contribution in [0.1, 0.15) is 12.5 Å². The average molecular weight is 371 g/mol. The van der Waals surface area contributed by atoms with Crippen molar-refractivity contribution >= 4 is 15.7 Å². The molecule has 1 aromatic heterocycles. The third-order valence-corrected chi connectivity index (χ3v) is 6.05. The van der Waals surface area contributed by atoms with Gasteiger partial charge >= 0.3 is 0 Å². The Balaban J connectivity index is 1.71. The third-order valence-electron chi connectivity index (χ3n) is 4.28. The molecule has 0 saturated carbocycles. The van der Waals surface area contributed by atoms with Crippen molar-refractivity contribution in [1.82, 2.24) is 9.78 Å². The maximum Gasteiger partial charge on any atom is 0.267 e. The molecule has 0 bridgehead atoms. The second-order valence-corrected chi connectivity index (χ2v) is 7.67. The van der Waals surface area contributed by atoms with Gasteiger partial charge in [-0.25, -0.2) is 12.8 Å². The summed E-state index contributed by atoms with van der Waals surface area (Å²) < 4.78 is 66.2. The highest BCUT2D eigenvalue weighted by molar-refractivity contribution is 7.92. The Morgan fingerprint density at radius 2 is 2.08 bits per heavy atom. The molecule has 0 spiro atoms. The van der Waals surface area contributed by atoms with Gasteiger partial charge in [0.2, 0.25) is 5.82 Å². The van der Waals surface area contributed by atoms with Gasteiger partial charge in [-0.1, -0.05) is 0 Å². The summed E-state index contributed by atoms with van der Waals surface area (Å²) in [5.41, 5.74) is -0.0258. The Morgan fingerprint density at radius 1 is 1.24 bits per heavy atom. The Labute approximate surface area is 142 Å². The maximum absolute atomic E-state index is 13.9. The van der Waals surface area contributed by atoms with E-state index < -0.39 is 27.4 Å². The van der Waals surface area contributed by atoms with E-state index >= 15 is 0 Å². The summed E-state index contributed by atoms with van der Waals surface area (Å²) in [4.78, 5) is -0.0167. The SMILES string of the molecule is O=S(=O)(c1cnn(C2CCOC2)c1)N1CCOc2c1ccc(F)c2F. The van der Waals surface area contributed by atoms with Crippen LogP contribution >= 0.6 is 0 Å². The Bertz CT molecular complexity index is 909. The van der Waals surface area contributed by atoms with Crippen molar-refractivity contribution in [2.45, 2.75) is 17.4 Å². The lowest BCUT2D eigenvalue weighted by molar-refractivity contribution is 0.184. The molecule has 1 fully saturated rings. The summed E-state index contributed by atoms with van der Waals surface area (Å²) in [5.74, 6) is -2.69. The van der Waals surface area contributed by atoms with E-state index in [0.29, 0.717) is 13.2 Å². The van der Waals surface area contributed by atoms with Crippen LogP contribution < -0.4 is 9.04 Å². The standard InChI is InChI=1S/C15H15F2N3O4S/c16-12-1-2-13-15(14(12)17)24-6-4-20(13)25(21,22)11-7-18-19(8-11)10-3-5-23-9-10/h1-2,7-8,10H,3-6,9H2. The first kappa shape index (κ1) is 16.3. The largest absolute Gasteiger partial charge is 0.486 e. The minimum absolute atomic E-state index is 0.00186. The maximum atomic E-state index is 13.9. The smallest absolute Gasteiger partial charge is 0.267 e. The first-order valence-electron chi connectivity index (χ1n) is 7.74. The summed E-state index contributed by atoms with van der Waals surface area (Å²) >= 11 is 0. The topological polar surface area (TPSA) is 73.7 Å². The lowest BCUT2D eigenvalue weighted by Crippen LogP contribution is -2.38. The van der Waals surface area contributed by atoms with Crippen LogP contribution in [0.5, 0.6) is 5.75 Å². The summed E-state index contributed by atoms with van der Waals surface area (Å²) in [7, 11) is -3.97. The molecule has 2 aliphatic heterocycles. The van der Waals surface area contributed by atoms with Crippen LogP contribution in [-0.2, 0) is 14.8 Å². The fourth-order valence-electron chi connectivity index (χ4n) is 2.97. The molecular formula is C15H15F2N3O4S. The highest BCUT2D eigenvalue weighted by atomic mass is 32.2. The second kappa shape index (κ2) is 5.95. The fraction of sp³-hybridized carbons (Fsp3) is 0.400. The van der Waals surface area contributed by atoms with Crippen molar-refractivity contribution in [3.63, 3.8) is 0 Å². The minimum Gasteiger partial charge on any atom is -0.486 e. The molecule has 4 rings (SSSR count). The van der Waals surface area contributed by atoms with Gasteiger partial charge in [0.25, 0.3) is 10.0 Å². The summed E-state index contributed by atoms with van der Waals surface area (Å²) in [6, 6.07) is 2.07. The van der Waals surface area contributed by atoms with E-state index in [4.69, 9.17) is 9.47 Å². The molecule has 0 amide bonds. The zero-order chi connectivity index (χ0) is 17.6. The molecule has 0 radical (unpaired) electrons. The van der Waals surface area contributed by atoms with Crippen molar-refractivity contribution in [2.75, 3.05) is 30.7 Å². The molecule has 2 aromatic rings. The van der Waals surface area contributed by atoms with Gasteiger partial charge in [-0.15, -0.1) is 0 Å². The summed E-state index contributed by atoms with van der Waals surface area (Å²) in [5, 5.41) is 4.11. The van der Waals surface area contributed by atoms with Gasteiger partial charge in [0.15, 0.2) is 11.6 Å². The highest BCUT2D eigenvalue weighted by Crippen LogP contribution is 2.38. The molecule has 0 N–H and O–H groups in total. The zero-order valence-corrected chi connectivity index (χ0v) is 13.9. The number of ether oxygens (including phenoxy) is 2. The number of nitrogens with zero attached hydrogens (tertiary/aromatic N) is 3. The van der Waals surface area contributed by atoms with Crippen LogP contribution in [0.4, 0.5) is 14.5 Å². The molecule has 1 aromatic carbocycles. The second-order valence-electron chi connectivity index (χ2n) is 5.81. The van der Waals surface area contributed by atoms with E-state index in [2.05, 4.69) is 5.10 Å². The van der Waals surface area contributed by atoms with Crippen LogP contribution in [-0.4, -0.2) is 44.6 Å². The van der Waals surface area contributed by atoms with Crippen molar-refractivity contribution < 1.29 is 26.7 Å². The van der Waals surface area contributed by atoms with Crippen molar-refractivity contribution in [3.8, 4) is 5.75 Å². The molecule has 1 atom stereocenters. The van der Waals surface area contributed by atoms with Gasteiger partial charge in [-0.2, -0.15) is 9.49 Å². The van der Waals surface area contributed by atoms with Crippen LogP contribution in [0.3, 0.4) is 0 Å². The van der Waals surface area contributed by atoms with Gasteiger partial charge in [-0.05, 0) is 18.6 Å². The molecule has 0 aliphatic carbocycles. The molecule has 10 heteroatoms. The van der Waals surface area contributed by atoms with E-state index in [-0.39, 0.29) is 29.8 Å². The average Bonchev–Trinajstić information content (AvgIpc) is 3.28. The first-order chi connectivity index (χ1) is 12.0. The molecule has 1 unspecified atom stereocenters. The Kier molecular flexibility index (Phi) is 3.88. The van der Waals surface area contributed by atoms with Crippen LogP contribution in [0.15, 0.2) is 29.4 Å². The third kappa shape index (κ3) is 2.65. The van der Waals surface area contributed by atoms with Crippen molar-refractivity contribution in [3.05, 3.63) is 36.2 Å². The monoisotopic (exact) mass is 371 g/mol. The van der Waals surface area contributed by atoms with E-state index in [1.165, 1.54) is 18.5 Å². The first-order valence-corrected chi connectivity index (χ1v) is 9.18. The van der Waals surface area contributed by atoms with E-state index in [1.807, 2.05) is 0 Å². The normalized spacial score (nSPS) is 20.4. The van der Waals surface area contributed by atoms with E-state index in [0.717, 1.165) is 16.8 Å². The lowest BCUT2D eigenvalue weighted by Gasteiger charge is -2.30. The van der Waals surface area contributed by atoms with Crippen molar-refractivity contribution in [1.29, 1.82) is 0 Å². The highest BCUT2D eigenvalue weighted by Gasteiger charge is 2.34. The van der Waals surface area contributed by atoms with E-state index in [1.54, 1.807) is 4.68 Å². The number of aromatic nitrogens is 2. The number of benzene rings is 1. The quantitative estimate of drug-likeness (QED) is 0.821. The van der Waals surface area contributed by atoms with Gasteiger partial charge in [-0.3, -0.25) is 8.99 Å². The number of rotatable bonds is 3. The summed E-state index contributed by atoms with van der Waals surface area (Å²) in [6.45, 7) is 1.01.